The first-order valence-electron chi connectivity index (χ1n) is 20.7. The molecule has 0 fully saturated rings. The first-order valence-corrected chi connectivity index (χ1v) is 22.2. The number of unbranched alkanes of at least 4 members (excludes halogenated alkanes) is 7. The summed E-state index contributed by atoms with van der Waals surface area (Å²) in [5.74, 6) is -1.13. The molecule has 0 aliphatic carbocycles. The summed E-state index contributed by atoms with van der Waals surface area (Å²) in [6.45, 7) is 1.92. The van der Waals surface area contributed by atoms with Crippen LogP contribution in [0.25, 0.3) is 0 Å². The van der Waals surface area contributed by atoms with Gasteiger partial charge in [0.05, 0.1) is 26.4 Å². The van der Waals surface area contributed by atoms with E-state index in [2.05, 4.69) is 92.8 Å². The van der Waals surface area contributed by atoms with Gasteiger partial charge in [-0.15, -0.1) is 0 Å². The molecule has 0 saturated carbocycles. The molecule has 0 amide bonds. The summed E-state index contributed by atoms with van der Waals surface area (Å²) in [4.78, 5) is 34.4. The molecule has 0 aromatic rings. The Labute approximate surface area is 338 Å². The van der Waals surface area contributed by atoms with E-state index in [4.69, 9.17) is 18.5 Å². The number of phosphoric ester groups is 1. The average molecular weight is 805 g/mol. The van der Waals surface area contributed by atoms with Crippen molar-refractivity contribution in [2.75, 3.05) is 26.4 Å². The van der Waals surface area contributed by atoms with Crippen molar-refractivity contribution < 1.29 is 47.8 Å². The topological polar surface area (TPSA) is 149 Å². The molecule has 0 spiro atoms. The number of phosphoric acid groups is 1. The van der Waals surface area contributed by atoms with Crippen molar-refractivity contribution in [3.8, 4) is 0 Å². The Bertz CT molecular complexity index is 1250. The zero-order valence-corrected chi connectivity index (χ0v) is 35.2. The molecular formula is C45H73O10P. The van der Waals surface area contributed by atoms with Crippen molar-refractivity contribution in [1.82, 2.24) is 0 Å². The van der Waals surface area contributed by atoms with Crippen LogP contribution in [0.2, 0.25) is 0 Å². The maximum atomic E-state index is 12.3. The number of hydrogen-bond acceptors (Lipinski definition) is 9. The third-order valence-electron chi connectivity index (χ3n) is 8.04. The number of aliphatic hydroxyl groups excluding tert-OH is 2. The predicted octanol–water partition coefficient (Wildman–Crippen LogP) is 10.8. The normalized spacial score (nSPS) is 14.9. The van der Waals surface area contributed by atoms with E-state index in [-0.39, 0.29) is 12.8 Å². The van der Waals surface area contributed by atoms with Gasteiger partial charge in [-0.3, -0.25) is 18.6 Å². The summed E-state index contributed by atoms with van der Waals surface area (Å²) >= 11 is 0. The van der Waals surface area contributed by atoms with Gasteiger partial charge >= 0.3 is 19.8 Å². The van der Waals surface area contributed by atoms with Crippen LogP contribution in [0.15, 0.2) is 97.2 Å². The highest BCUT2D eigenvalue weighted by atomic mass is 31.2. The molecular weight excluding hydrogens is 731 g/mol. The number of carbonyl (C=O) groups excluding carboxylic acids is 2. The van der Waals surface area contributed by atoms with Crippen molar-refractivity contribution in [2.45, 2.75) is 148 Å². The molecule has 3 atom stereocenters. The van der Waals surface area contributed by atoms with E-state index < -0.39 is 58.4 Å². The number of esters is 2. The van der Waals surface area contributed by atoms with Crippen molar-refractivity contribution in [1.29, 1.82) is 0 Å². The molecule has 0 aliphatic heterocycles. The fraction of sp³-hybridized carbons (Fsp3) is 0.600. The lowest BCUT2D eigenvalue weighted by atomic mass is 10.1. The lowest BCUT2D eigenvalue weighted by Gasteiger charge is -2.20. The molecule has 0 saturated heterocycles. The Kier molecular flexibility index (Phi) is 37.9. The van der Waals surface area contributed by atoms with Crippen LogP contribution < -0.4 is 0 Å². The minimum Gasteiger partial charge on any atom is -0.457 e. The smallest absolute Gasteiger partial charge is 0.457 e. The van der Waals surface area contributed by atoms with E-state index in [1.165, 1.54) is 12.8 Å². The van der Waals surface area contributed by atoms with Gasteiger partial charge in [0.2, 0.25) is 0 Å². The molecule has 318 valence electrons. The number of hydrogen-bond donors (Lipinski definition) is 3. The first kappa shape index (κ1) is 52.9. The quantitative estimate of drug-likeness (QED) is 0.0240. The van der Waals surface area contributed by atoms with Gasteiger partial charge in [-0.05, 0) is 77.0 Å². The van der Waals surface area contributed by atoms with Gasteiger partial charge in [-0.1, -0.05) is 143 Å². The minimum atomic E-state index is -4.67. The minimum absolute atomic E-state index is 0.0601. The monoisotopic (exact) mass is 804 g/mol. The van der Waals surface area contributed by atoms with Crippen LogP contribution in [0.1, 0.15) is 136 Å². The second kappa shape index (κ2) is 40.1. The van der Waals surface area contributed by atoms with E-state index in [1.807, 2.05) is 18.2 Å². The molecule has 3 N–H and O–H groups in total. The van der Waals surface area contributed by atoms with Crippen LogP contribution >= 0.6 is 7.82 Å². The molecule has 11 heteroatoms. The predicted molar refractivity (Wildman–Crippen MR) is 228 cm³/mol. The summed E-state index contributed by atoms with van der Waals surface area (Å²) in [7, 11) is -4.67. The van der Waals surface area contributed by atoms with Gasteiger partial charge < -0.3 is 24.6 Å². The van der Waals surface area contributed by atoms with Crippen LogP contribution in [0.3, 0.4) is 0 Å². The molecule has 0 radical (unpaired) electrons. The van der Waals surface area contributed by atoms with E-state index >= 15 is 0 Å². The van der Waals surface area contributed by atoms with E-state index in [0.717, 1.165) is 83.5 Å². The third-order valence-corrected chi connectivity index (χ3v) is 8.99. The van der Waals surface area contributed by atoms with Crippen molar-refractivity contribution in [3.05, 3.63) is 97.2 Å². The highest BCUT2D eigenvalue weighted by Gasteiger charge is 2.27. The highest BCUT2D eigenvalue weighted by molar-refractivity contribution is 7.47. The van der Waals surface area contributed by atoms with Crippen LogP contribution in [0.5, 0.6) is 0 Å². The molecule has 56 heavy (non-hydrogen) atoms. The zero-order valence-electron chi connectivity index (χ0n) is 34.3. The molecule has 0 rings (SSSR count). The molecule has 0 heterocycles. The van der Waals surface area contributed by atoms with Gasteiger partial charge in [0.15, 0.2) is 0 Å². The molecule has 0 aliphatic rings. The number of carbonyl (C=O) groups is 2. The van der Waals surface area contributed by atoms with Gasteiger partial charge in [0.25, 0.3) is 0 Å². The second-order valence-corrected chi connectivity index (χ2v) is 14.7. The number of ether oxygens (including phenoxy) is 2. The van der Waals surface area contributed by atoms with Crippen LogP contribution in [0, 0.1) is 0 Å². The average Bonchev–Trinajstić information content (AvgIpc) is 3.19. The lowest BCUT2D eigenvalue weighted by Crippen LogP contribution is -2.28. The molecule has 0 aromatic carbocycles. The summed E-state index contributed by atoms with van der Waals surface area (Å²) in [5, 5.41) is 19.1. The number of allylic oxidation sites excluding steroid dienone is 16. The summed E-state index contributed by atoms with van der Waals surface area (Å²) in [6.07, 6.45) is 48.2. The Morgan fingerprint density at radius 2 is 0.875 bits per heavy atom. The Morgan fingerprint density at radius 1 is 0.500 bits per heavy atom. The SMILES string of the molecule is CC/C=C\C/C=C\C/C=C\C/C=C\C/C=C\C/C=C\CCC(=O)OC(CO)COP(=O)(O)OCC(CO)OC(=O)CCCCCCC/C=C\C/C=C\CCCC. The maximum absolute atomic E-state index is 12.3. The first-order chi connectivity index (χ1) is 27.3. The van der Waals surface area contributed by atoms with Gasteiger partial charge in [0, 0.05) is 12.8 Å². The van der Waals surface area contributed by atoms with Crippen molar-refractivity contribution in [3.63, 3.8) is 0 Å². The summed E-state index contributed by atoms with van der Waals surface area (Å²) < 4.78 is 32.4. The zero-order chi connectivity index (χ0) is 41.2. The van der Waals surface area contributed by atoms with Gasteiger partial charge in [-0.2, -0.15) is 0 Å². The fourth-order valence-corrected chi connectivity index (χ4v) is 5.64. The Balaban J connectivity index is 4.10. The van der Waals surface area contributed by atoms with Crippen LogP contribution in [-0.4, -0.2) is 65.7 Å². The molecule has 3 unspecified atom stereocenters. The fourth-order valence-electron chi connectivity index (χ4n) is 4.86. The third kappa shape index (κ3) is 37.8. The maximum Gasteiger partial charge on any atom is 0.472 e. The summed E-state index contributed by atoms with van der Waals surface area (Å²) in [5.41, 5.74) is 0. The Hall–Kier alpha value is -3.11. The molecule has 0 aromatic heterocycles. The summed E-state index contributed by atoms with van der Waals surface area (Å²) in [6, 6.07) is 0. The van der Waals surface area contributed by atoms with Crippen molar-refractivity contribution >= 4 is 19.8 Å². The van der Waals surface area contributed by atoms with Crippen molar-refractivity contribution in [2.24, 2.45) is 0 Å². The van der Waals surface area contributed by atoms with Gasteiger partial charge in [0.1, 0.15) is 12.2 Å². The Morgan fingerprint density at radius 3 is 1.32 bits per heavy atom. The van der Waals surface area contributed by atoms with Crippen LogP contribution in [-0.2, 0) is 32.7 Å². The number of aliphatic hydroxyl groups is 2. The highest BCUT2D eigenvalue weighted by Crippen LogP contribution is 2.43. The lowest BCUT2D eigenvalue weighted by molar-refractivity contribution is -0.153. The molecule has 0 bridgehead atoms. The second-order valence-electron chi connectivity index (χ2n) is 13.2. The van der Waals surface area contributed by atoms with E-state index in [1.54, 1.807) is 0 Å². The van der Waals surface area contributed by atoms with E-state index in [9.17, 15) is 29.3 Å². The standard InChI is InChI=1S/C45H73O10P/c1-3-5-7-9-11-13-15-17-19-20-21-22-23-25-27-29-31-33-35-37-45(49)55-43(39-47)41-53-56(50,51)52-40-42(38-46)54-44(48)36-34-32-30-28-26-24-18-16-14-12-10-8-6-4-2/h5,7,10-13,16-19,21-22,25,27,31,33,42-43,46-47H,3-4,6,8-9,14-15,20,23-24,26,28-30,32,34-41H2,1-2H3,(H,50,51)/b7-5-,12-10-,13-11-,18-16-,19-17-,22-21-,27-25-,33-31-. The largest absolute Gasteiger partial charge is 0.472 e. The number of rotatable bonds is 37. The van der Waals surface area contributed by atoms with Crippen LogP contribution in [0.4, 0.5) is 0 Å². The van der Waals surface area contributed by atoms with E-state index in [0.29, 0.717) is 12.8 Å². The molecule has 10 nitrogen and oxygen atoms in total. The van der Waals surface area contributed by atoms with Gasteiger partial charge in [-0.25, -0.2) is 4.57 Å².